The first-order chi connectivity index (χ1) is 63.7. The Morgan fingerprint density at radius 3 is 0.957 bits per heavy atom. The second-order valence-electron chi connectivity index (χ2n) is 35.2. The molecule has 4 unspecified atom stereocenters. The summed E-state index contributed by atoms with van der Waals surface area (Å²) in [6.45, 7) is 46.8. The maximum Gasteiger partial charge on any atom is 1.00 e. The number of nitrogens with two attached hydrogens (primary N) is 1. The number of sulfonamides is 3. The van der Waals surface area contributed by atoms with E-state index >= 15 is 0 Å². The van der Waals surface area contributed by atoms with Crippen molar-refractivity contribution in [1.29, 1.82) is 0 Å². The molecule has 4 saturated heterocycles. The third-order valence-electron chi connectivity index (χ3n) is 25.4. The molecular formula is C95H133Br4ClLiN15O18S4. The first kappa shape index (κ1) is 118. The number of carboxylic acids is 1. The van der Waals surface area contributed by atoms with Crippen LogP contribution in [0, 0.1) is 55.4 Å². The molecule has 0 aromatic carbocycles. The fourth-order valence-electron chi connectivity index (χ4n) is 18.0. The monoisotopic (exact) mass is 2260 g/mol. The third-order valence-corrected chi connectivity index (χ3v) is 34.2. The van der Waals surface area contributed by atoms with Crippen LogP contribution in [-0.2, 0) is 61.7 Å². The van der Waals surface area contributed by atoms with Gasteiger partial charge in [-0.25, -0.2) is 48.1 Å². The number of nitrogens with one attached hydrogen (secondary N) is 3. The largest absolute Gasteiger partial charge is 1.00 e. The number of carboxylic acid groups (broad SMARTS) is 1. The average molecular weight is 2260 g/mol. The number of pyridine rings is 6. The molecule has 4 aliphatic heterocycles. The van der Waals surface area contributed by atoms with Gasteiger partial charge < -0.3 is 58.7 Å². The number of amides is 1. The summed E-state index contributed by atoms with van der Waals surface area (Å²) in [6, 6.07) is 19.2. The molecule has 0 spiro atoms. The van der Waals surface area contributed by atoms with E-state index < -0.39 is 45.1 Å². The molecule has 4 atom stereocenters. The zero-order valence-corrected chi connectivity index (χ0v) is 93.1. The number of H-pyrrole nitrogens is 2. The van der Waals surface area contributed by atoms with E-state index in [9.17, 15) is 67.5 Å². The number of halogens is 5. The van der Waals surface area contributed by atoms with E-state index in [4.69, 9.17) is 15.2 Å². The number of ether oxygens (including phenoxy) is 2. The van der Waals surface area contributed by atoms with E-state index in [2.05, 4.69) is 156 Å². The number of fused-ring (bicyclic) bond motifs is 4. The topological polar surface area (TPSA) is 418 Å². The number of hydrogen-bond acceptors (Lipinski definition) is 22. The van der Waals surface area contributed by atoms with Gasteiger partial charge in [-0.1, -0.05) is 13.3 Å². The molecule has 0 aliphatic carbocycles. The van der Waals surface area contributed by atoms with Gasteiger partial charge in [0.05, 0.1) is 51.9 Å². The number of likely N-dealkylation sites (tertiary alicyclic amines) is 1. The van der Waals surface area contributed by atoms with Gasteiger partial charge in [-0.2, -0.15) is 12.9 Å². The number of hydrogen-bond donors (Lipinski definition) is 5. The van der Waals surface area contributed by atoms with E-state index in [0.717, 1.165) is 115 Å². The van der Waals surface area contributed by atoms with Crippen LogP contribution >= 0.6 is 74.4 Å². The van der Waals surface area contributed by atoms with Crippen molar-refractivity contribution in [3.8, 4) is 0 Å². The van der Waals surface area contributed by atoms with E-state index in [0.29, 0.717) is 118 Å². The van der Waals surface area contributed by atoms with Gasteiger partial charge in [0.25, 0.3) is 17.0 Å². The second kappa shape index (κ2) is 51.0. The first-order valence-electron chi connectivity index (χ1n) is 45.8. The van der Waals surface area contributed by atoms with E-state index in [1.54, 1.807) is 39.8 Å². The number of aromatic amines is 2. The van der Waals surface area contributed by atoms with Crippen molar-refractivity contribution in [2.24, 2.45) is 5.73 Å². The summed E-state index contributed by atoms with van der Waals surface area (Å²) in [5.74, 6) is -1.41. The van der Waals surface area contributed by atoms with Crippen molar-refractivity contribution in [3.05, 3.63) is 225 Å². The van der Waals surface area contributed by atoms with Crippen LogP contribution in [0.4, 0.5) is 0 Å². The minimum absolute atomic E-state index is 0. The molecule has 7 N–H and O–H groups in total. The van der Waals surface area contributed by atoms with Crippen LogP contribution in [0.1, 0.15) is 247 Å². The van der Waals surface area contributed by atoms with Crippen LogP contribution in [0.3, 0.4) is 0 Å². The van der Waals surface area contributed by atoms with Crippen LogP contribution in [0.25, 0.3) is 22.1 Å². The molecule has 4 aliphatic rings. The fraction of sp³-hybridized carbons (Fsp3) is 0.516. The molecule has 33 nitrogen and oxygen atoms in total. The molecule has 10 aromatic heterocycles. The Balaban J connectivity index is 0.000000237. The Morgan fingerprint density at radius 2 is 0.688 bits per heavy atom. The van der Waals surface area contributed by atoms with Crippen molar-refractivity contribution in [1.82, 2.24) is 65.4 Å². The smallest absolute Gasteiger partial charge is 0.870 e. The van der Waals surface area contributed by atoms with Crippen molar-refractivity contribution >= 4 is 159 Å². The fourth-order valence-corrected chi connectivity index (χ4v) is 23.0. The van der Waals surface area contributed by atoms with Crippen LogP contribution in [-0.4, -0.2) is 255 Å². The quantitative estimate of drug-likeness (QED) is 0.0213. The number of carbonyl (C=O) groups excluding carboxylic acids is 3. The second-order valence-corrected chi connectivity index (χ2v) is 48.7. The maximum absolute atomic E-state index is 13.4. The Kier molecular flexibility index (Phi) is 43.6. The van der Waals surface area contributed by atoms with Gasteiger partial charge in [-0.05, 0) is 315 Å². The van der Waals surface area contributed by atoms with Gasteiger partial charge >= 0.3 is 36.8 Å². The molecule has 43 heteroatoms. The maximum atomic E-state index is 13.4. The summed E-state index contributed by atoms with van der Waals surface area (Å²) in [6.07, 6.45) is 11.5. The zero-order chi connectivity index (χ0) is 101. The first-order valence-corrected chi connectivity index (χ1v) is 56.3. The number of aromatic carboxylic acids is 1. The predicted octanol–water partition coefficient (Wildman–Crippen LogP) is 12.6. The number of nitrogens with zero attached hydrogens (tertiary/aromatic N) is 11. The zero-order valence-electron chi connectivity index (χ0n) is 82.8. The van der Waals surface area contributed by atoms with Gasteiger partial charge in [0, 0.05) is 242 Å². The van der Waals surface area contributed by atoms with Crippen LogP contribution in [0.5, 0.6) is 0 Å². The molecule has 0 saturated carbocycles. The number of rotatable bonds is 24. The predicted molar refractivity (Wildman–Crippen MR) is 554 cm³/mol. The van der Waals surface area contributed by atoms with Crippen LogP contribution in [0.15, 0.2) is 113 Å². The molecule has 4 fully saturated rings. The Morgan fingerprint density at radius 1 is 0.420 bits per heavy atom. The number of aryl methyl sites for hydroxylation is 4. The van der Waals surface area contributed by atoms with E-state index in [-0.39, 0.29) is 119 Å². The standard InChI is InChI=1S/C26H34BrN5O4S.C21H30BrN3O4S.C20H27BrN2O2.C18H24BrN3O4S.C8H12N2O.C2H5ClO2S.Li.H2O/c1-6-37(35,36)31-9-7-30(8-10-31)19(5)24-18(4)22(13-21-12-20(27)15-32(21)24)25(33)28-14-23-16(2)11-17(3)29-26(23)34;1-6-30(27,28)24-9-7-23(8-10-24)16(5)20-15(4)19(21(26)29-14(2)3)12-18-11-17(22)13-25(18)20;1-13(2)25-20(24)18-11-17-10-16(21)12-23(17)19(14(18)3)15(4)22-8-6-5-7-9-22;1-4-27(25,26)21-7-5-20(6-8-21)13(3)17-12(2)16(18(23)24)10-15-9-14(19)11-22(15)17;1-5-3-6(2)10-8(11)7(5)4-9;1-2-6(3,4)5;;/h11-13,15,19H,6-10,14H2,1-5H3,(H,28,33)(H,29,34);11-14,16H,6-10H2,1-5H3;10-13,15H,5-9H2,1-4H3;9-11,13H,4-8H2,1-3H3,(H,23,24);3H,4,9H2,1-2H3,(H,10,11);2H2,1H3;;1H2/q;;;;;;+1;/p-1. The molecule has 756 valence electrons. The molecule has 1 amide bonds. The molecular weight excluding hydrogens is 2130 g/mol. The van der Waals surface area contributed by atoms with Crippen LogP contribution < -0.4 is 41.0 Å². The van der Waals surface area contributed by atoms with Crippen molar-refractivity contribution in [3.63, 3.8) is 0 Å². The molecule has 0 radical (unpaired) electrons. The summed E-state index contributed by atoms with van der Waals surface area (Å²) in [5.41, 5.74) is 23.1. The number of aromatic nitrogens is 6. The molecule has 14 heterocycles. The minimum Gasteiger partial charge on any atom is -0.870 e. The molecule has 10 aromatic rings. The molecule has 0 bridgehead atoms. The van der Waals surface area contributed by atoms with E-state index in [1.807, 2.05) is 162 Å². The van der Waals surface area contributed by atoms with Gasteiger partial charge in [-0.3, -0.25) is 34.0 Å². The SMILES string of the molecule is CCS(=O)(=O)Cl.CCS(=O)(=O)N1CCN(C(C)c2c(C)c(C(=O)NCc3c(C)cc(C)[nH]c3=O)cc3cc(Br)cn23)CC1.CCS(=O)(=O)N1CCN(C(C)c2c(C)c(C(=O)O)cc3cc(Br)cn23)CC1.CCS(=O)(=O)N1CCN(C(C)c2c(C)c(C(=O)OC(C)C)cc3cc(Br)cn23)CC1.Cc1c(C(=O)OC(C)C)cc2cc(Br)cn2c1C(C)N1CCCCC1.Cc1cc(C)c(CN)c(=O)[nH]1.[Li+].[OH-]. The summed E-state index contributed by atoms with van der Waals surface area (Å²) >= 11 is 14.2. The van der Waals surface area contributed by atoms with Gasteiger partial charge in [0.15, 0.2) is 0 Å². The Bertz CT molecular complexity index is 6620. The van der Waals surface area contributed by atoms with E-state index in [1.165, 1.54) is 31.9 Å². The number of piperidine rings is 1. The van der Waals surface area contributed by atoms with Gasteiger partial charge in [-0.15, -0.1) is 0 Å². The third kappa shape index (κ3) is 29.5. The van der Waals surface area contributed by atoms with Crippen LogP contribution in [0.2, 0.25) is 0 Å². The number of esters is 2. The Labute approximate surface area is 861 Å². The number of carbonyl (C=O) groups is 4. The normalized spacial score (nSPS) is 16.1. The minimum atomic E-state index is -3.21. The Hall–Kier alpha value is -6.93. The van der Waals surface area contributed by atoms with Crippen molar-refractivity contribution in [2.75, 3.05) is 115 Å². The van der Waals surface area contributed by atoms with Gasteiger partial charge in [0.2, 0.25) is 39.1 Å². The average Bonchev–Trinajstić information content (AvgIpc) is 1.57. The molecule has 14 rings (SSSR count). The summed E-state index contributed by atoms with van der Waals surface area (Å²) < 4.78 is 120. The van der Waals surface area contributed by atoms with Crippen molar-refractivity contribution < 1.29 is 91.8 Å². The summed E-state index contributed by atoms with van der Waals surface area (Å²) in [7, 11) is -8.06. The van der Waals surface area contributed by atoms with Crippen molar-refractivity contribution in [2.45, 2.75) is 207 Å². The summed E-state index contributed by atoms with van der Waals surface area (Å²) in [5, 5.41) is 12.5. The number of piperazine rings is 3. The van der Waals surface area contributed by atoms with Gasteiger partial charge in [0.1, 0.15) is 0 Å². The summed E-state index contributed by atoms with van der Waals surface area (Å²) in [4.78, 5) is 88.8. The molecule has 138 heavy (non-hydrogen) atoms.